The van der Waals surface area contributed by atoms with Crippen LogP contribution in [0.3, 0.4) is 0 Å². The van der Waals surface area contributed by atoms with Gasteiger partial charge >= 0.3 is 0 Å². The summed E-state index contributed by atoms with van der Waals surface area (Å²) in [5, 5.41) is 0. The van der Waals surface area contributed by atoms with Gasteiger partial charge in [-0.3, -0.25) is 4.79 Å². The fourth-order valence-electron chi connectivity index (χ4n) is 2.12. The molecule has 96 valence electrons. The van der Waals surface area contributed by atoms with Gasteiger partial charge in [-0.15, -0.1) is 0 Å². The Kier molecular flexibility index (Phi) is 3.11. The van der Waals surface area contributed by atoms with Crippen molar-refractivity contribution in [2.24, 2.45) is 0 Å². The topological polar surface area (TPSA) is 46.6 Å². The predicted molar refractivity (Wildman–Crippen MR) is 68.9 cm³/mol. The minimum absolute atomic E-state index is 0.0671. The number of ether oxygens (including phenoxy) is 1. The summed E-state index contributed by atoms with van der Waals surface area (Å²) >= 11 is 0. The molecule has 18 heavy (non-hydrogen) atoms. The van der Waals surface area contributed by atoms with E-state index in [1.165, 1.54) is 0 Å². The number of amides is 1. The van der Waals surface area contributed by atoms with Crippen LogP contribution in [0.5, 0.6) is 5.75 Å². The average Bonchev–Trinajstić information content (AvgIpc) is 2.34. The number of carbonyl (C=O) groups is 2. The summed E-state index contributed by atoms with van der Waals surface area (Å²) < 4.78 is 5.70. The van der Waals surface area contributed by atoms with Gasteiger partial charge in [0.1, 0.15) is 12.0 Å². The predicted octanol–water partition coefficient (Wildman–Crippen LogP) is 1.95. The molecule has 0 N–H and O–H groups in total. The van der Waals surface area contributed by atoms with Crippen LogP contribution in [0.15, 0.2) is 18.2 Å². The number of likely N-dealkylation sites (N-methyl/N-ethyl adjacent to an activating group) is 1. The molecule has 4 nitrogen and oxygen atoms in total. The van der Waals surface area contributed by atoms with E-state index >= 15 is 0 Å². The molecule has 0 aromatic heterocycles. The molecule has 2 rings (SSSR count). The number of anilines is 1. The lowest BCUT2D eigenvalue weighted by molar-refractivity contribution is -0.132. The first-order chi connectivity index (χ1) is 8.45. The number of hydrogen-bond acceptors (Lipinski definition) is 3. The van der Waals surface area contributed by atoms with E-state index in [-0.39, 0.29) is 5.91 Å². The van der Waals surface area contributed by atoms with Crippen molar-refractivity contribution in [2.45, 2.75) is 32.3 Å². The fourth-order valence-corrected chi connectivity index (χ4v) is 2.12. The van der Waals surface area contributed by atoms with E-state index in [1.54, 1.807) is 25.8 Å². The number of carbonyl (C=O) groups excluding carboxylic acids is 2. The number of aldehydes is 1. The maximum Gasteiger partial charge on any atom is 0.270 e. The second-order valence-electron chi connectivity index (χ2n) is 4.98. The molecule has 0 bridgehead atoms. The second kappa shape index (κ2) is 4.44. The number of rotatable bonds is 3. The van der Waals surface area contributed by atoms with Gasteiger partial charge in [0.25, 0.3) is 5.91 Å². The van der Waals surface area contributed by atoms with Crippen LogP contribution in [0.4, 0.5) is 5.69 Å². The van der Waals surface area contributed by atoms with Gasteiger partial charge in [0.2, 0.25) is 0 Å². The summed E-state index contributed by atoms with van der Waals surface area (Å²) in [6, 6.07) is 5.70. The molecular weight excluding hydrogens is 230 g/mol. The Balaban J connectivity index is 2.36. The van der Waals surface area contributed by atoms with E-state index in [1.807, 2.05) is 18.2 Å². The van der Waals surface area contributed by atoms with Crippen LogP contribution < -0.4 is 9.64 Å². The smallest absolute Gasteiger partial charge is 0.270 e. The largest absolute Gasteiger partial charge is 0.476 e. The van der Waals surface area contributed by atoms with Crippen molar-refractivity contribution >= 4 is 17.9 Å². The van der Waals surface area contributed by atoms with Crippen LogP contribution in [0, 0.1) is 0 Å². The zero-order chi connectivity index (χ0) is 13.3. The number of hydrogen-bond donors (Lipinski definition) is 0. The van der Waals surface area contributed by atoms with Crippen LogP contribution in [-0.2, 0) is 16.0 Å². The molecule has 0 spiro atoms. The average molecular weight is 247 g/mol. The Bertz CT molecular complexity index is 494. The molecule has 0 unspecified atom stereocenters. The number of fused-ring (bicyclic) bond motifs is 1. The Morgan fingerprint density at radius 3 is 2.78 bits per heavy atom. The third kappa shape index (κ3) is 2.10. The van der Waals surface area contributed by atoms with Crippen molar-refractivity contribution in [1.29, 1.82) is 0 Å². The van der Waals surface area contributed by atoms with Gasteiger partial charge in [-0.05, 0) is 38.0 Å². The Morgan fingerprint density at radius 1 is 1.39 bits per heavy atom. The van der Waals surface area contributed by atoms with Crippen LogP contribution >= 0.6 is 0 Å². The van der Waals surface area contributed by atoms with E-state index in [2.05, 4.69) is 0 Å². The quantitative estimate of drug-likeness (QED) is 0.767. The third-order valence-corrected chi connectivity index (χ3v) is 3.12. The number of aryl methyl sites for hydroxylation is 1. The summed E-state index contributed by atoms with van der Waals surface area (Å²) in [5.41, 5.74) is 0.970. The normalized spacial score (nSPS) is 17.1. The van der Waals surface area contributed by atoms with Crippen LogP contribution in [0.25, 0.3) is 0 Å². The van der Waals surface area contributed by atoms with E-state index in [9.17, 15) is 9.59 Å². The lowest BCUT2D eigenvalue weighted by atomic mass is 10.0. The van der Waals surface area contributed by atoms with Crippen molar-refractivity contribution in [3.8, 4) is 5.75 Å². The first-order valence-corrected chi connectivity index (χ1v) is 5.99. The maximum absolute atomic E-state index is 12.1. The van der Waals surface area contributed by atoms with E-state index in [4.69, 9.17) is 4.74 Å². The van der Waals surface area contributed by atoms with Gasteiger partial charge in [0.15, 0.2) is 5.60 Å². The van der Waals surface area contributed by atoms with Crippen LogP contribution in [0.1, 0.15) is 25.8 Å². The molecule has 0 atom stereocenters. The molecule has 0 saturated carbocycles. The van der Waals surface area contributed by atoms with Crippen molar-refractivity contribution in [2.75, 3.05) is 11.9 Å². The molecule has 1 amide bonds. The van der Waals surface area contributed by atoms with Gasteiger partial charge < -0.3 is 14.4 Å². The van der Waals surface area contributed by atoms with E-state index in [0.717, 1.165) is 17.5 Å². The van der Waals surface area contributed by atoms with Crippen molar-refractivity contribution in [3.05, 3.63) is 23.8 Å². The highest BCUT2D eigenvalue weighted by atomic mass is 16.5. The van der Waals surface area contributed by atoms with Crippen LogP contribution in [-0.4, -0.2) is 24.8 Å². The van der Waals surface area contributed by atoms with Gasteiger partial charge in [0.05, 0.1) is 5.69 Å². The maximum atomic E-state index is 12.1. The van der Waals surface area contributed by atoms with Gasteiger partial charge in [0, 0.05) is 13.5 Å². The molecule has 0 radical (unpaired) electrons. The third-order valence-electron chi connectivity index (χ3n) is 3.12. The lowest BCUT2D eigenvalue weighted by Gasteiger charge is -2.37. The lowest BCUT2D eigenvalue weighted by Crippen LogP contribution is -2.50. The number of nitrogens with zero attached hydrogens (tertiary/aromatic N) is 1. The minimum Gasteiger partial charge on any atom is -0.476 e. The first kappa shape index (κ1) is 12.6. The SMILES string of the molecule is CN1C(=O)C(C)(C)Oc2ccc(CCC=O)cc21. The highest BCUT2D eigenvalue weighted by molar-refractivity contribution is 6.01. The van der Waals surface area contributed by atoms with Gasteiger partial charge in [-0.25, -0.2) is 0 Å². The molecule has 0 saturated heterocycles. The van der Waals surface area contributed by atoms with Gasteiger partial charge in [-0.2, -0.15) is 0 Å². The summed E-state index contributed by atoms with van der Waals surface area (Å²) in [7, 11) is 1.74. The summed E-state index contributed by atoms with van der Waals surface area (Å²) in [4.78, 5) is 24.1. The standard InChI is InChI=1S/C14H17NO3/c1-14(2)13(17)15(3)11-9-10(5-4-8-16)6-7-12(11)18-14/h6-9H,4-5H2,1-3H3. The summed E-state index contributed by atoms with van der Waals surface area (Å²) in [6.07, 6.45) is 2.07. The molecule has 1 aromatic rings. The Hall–Kier alpha value is -1.84. The van der Waals surface area contributed by atoms with E-state index < -0.39 is 5.60 Å². The first-order valence-electron chi connectivity index (χ1n) is 5.99. The van der Waals surface area contributed by atoms with E-state index in [0.29, 0.717) is 18.6 Å². The second-order valence-corrected chi connectivity index (χ2v) is 4.98. The van der Waals surface area contributed by atoms with Crippen molar-refractivity contribution in [3.63, 3.8) is 0 Å². The molecule has 1 aliphatic heterocycles. The highest BCUT2D eigenvalue weighted by Gasteiger charge is 2.39. The molecule has 4 heteroatoms. The summed E-state index contributed by atoms with van der Waals surface area (Å²) in [6.45, 7) is 3.52. The molecule has 0 aliphatic carbocycles. The minimum atomic E-state index is -0.827. The number of benzene rings is 1. The fraction of sp³-hybridized carbons (Fsp3) is 0.429. The molecule has 1 aromatic carbocycles. The van der Waals surface area contributed by atoms with Gasteiger partial charge in [-0.1, -0.05) is 6.07 Å². The zero-order valence-electron chi connectivity index (χ0n) is 10.9. The zero-order valence-corrected chi connectivity index (χ0v) is 10.9. The molecule has 0 fully saturated rings. The Morgan fingerprint density at radius 2 is 2.11 bits per heavy atom. The molecule has 1 heterocycles. The molecular formula is C14H17NO3. The van der Waals surface area contributed by atoms with Crippen LogP contribution in [0.2, 0.25) is 0 Å². The highest BCUT2D eigenvalue weighted by Crippen LogP contribution is 2.37. The Labute approximate surface area is 107 Å². The monoisotopic (exact) mass is 247 g/mol. The van der Waals surface area contributed by atoms with Crippen molar-refractivity contribution in [1.82, 2.24) is 0 Å². The summed E-state index contributed by atoms with van der Waals surface area (Å²) in [5.74, 6) is 0.638. The molecule has 1 aliphatic rings. The van der Waals surface area contributed by atoms with Crippen molar-refractivity contribution < 1.29 is 14.3 Å².